The third-order valence-corrected chi connectivity index (χ3v) is 3.12. The Morgan fingerprint density at radius 3 is 2.32 bits per heavy atom. The summed E-state index contributed by atoms with van der Waals surface area (Å²) in [4.78, 5) is 0. The van der Waals surface area contributed by atoms with Crippen LogP contribution in [0.1, 0.15) is 5.56 Å². The summed E-state index contributed by atoms with van der Waals surface area (Å²) in [5.74, 6) is -2.47. The Kier molecular flexibility index (Phi) is 7.75. The van der Waals surface area contributed by atoms with Gasteiger partial charge < -0.3 is 4.55 Å². The second kappa shape index (κ2) is 8.50. The van der Waals surface area contributed by atoms with E-state index in [1.165, 1.54) is 5.56 Å². The molecule has 4 nitrogen and oxygen atoms in total. The van der Waals surface area contributed by atoms with Crippen LogP contribution in [0.4, 0.5) is 13.2 Å². The predicted octanol–water partition coefficient (Wildman–Crippen LogP) is 2.50. The fourth-order valence-corrected chi connectivity index (χ4v) is 1.53. The number of halogens is 3. The molecule has 0 N–H and O–H groups in total. The van der Waals surface area contributed by atoms with Crippen LogP contribution in [0.25, 0.3) is 0 Å². The number of hydrogen-bond donors (Lipinski definition) is 0. The molecule has 0 aromatic carbocycles. The van der Waals surface area contributed by atoms with Crippen LogP contribution in [-0.4, -0.2) is 18.2 Å². The van der Waals surface area contributed by atoms with Gasteiger partial charge in [-0.2, -0.15) is 8.78 Å². The molecule has 1 rings (SSSR count). The van der Waals surface area contributed by atoms with Crippen molar-refractivity contribution in [2.75, 3.05) is 0 Å². The van der Waals surface area contributed by atoms with Crippen LogP contribution in [0.3, 0.4) is 0 Å². The van der Waals surface area contributed by atoms with E-state index >= 15 is 0 Å². The first kappa shape index (κ1) is 20.1. The van der Waals surface area contributed by atoms with Crippen molar-refractivity contribution in [2.24, 2.45) is 0 Å². The van der Waals surface area contributed by atoms with Crippen LogP contribution < -0.4 is 4.57 Å². The van der Waals surface area contributed by atoms with Gasteiger partial charge in [0.2, 0.25) is 0 Å². The Hall–Kier alpha value is -1.93. The molecular formula is C14H16F3NO3S. The summed E-state index contributed by atoms with van der Waals surface area (Å²) in [5.41, 5.74) is 1.29. The monoisotopic (exact) mass is 335 g/mol. The molecule has 8 heteroatoms. The van der Waals surface area contributed by atoms with Gasteiger partial charge in [-0.15, -0.1) is 6.58 Å². The second-order valence-corrected chi connectivity index (χ2v) is 5.49. The Labute approximate surface area is 127 Å². The normalized spacial score (nSPS) is 11.1. The summed E-state index contributed by atoms with van der Waals surface area (Å²) in [6.07, 6.45) is 8.88. The van der Waals surface area contributed by atoms with Crippen molar-refractivity contribution in [1.82, 2.24) is 0 Å². The van der Waals surface area contributed by atoms with Crippen molar-refractivity contribution in [3.05, 3.63) is 67.8 Å². The molecule has 0 atom stereocenters. The molecule has 0 unspecified atom stereocenters. The minimum Gasteiger partial charge on any atom is -0.743 e. The van der Waals surface area contributed by atoms with E-state index in [1.807, 2.05) is 31.0 Å². The topological polar surface area (TPSA) is 61.1 Å². The number of aromatic nitrogens is 1. The van der Waals surface area contributed by atoms with Gasteiger partial charge in [0.1, 0.15) is 0 Å². The van der Waals surface area contributed by atoms with Crippen LogP contribution in [0, 0.1) is 0 Å². The minimum atomic E-state index is -5.96. The first-order chi connectivity index (χ1) is 10.1. The molecular weight excluding hydrogens is 319 g/mol. The molecule has 0 saturated heterocycles. The lowest BCUT2D eigenvalue weighted by Gasteiger charge is -2.16. The molecule has 0 fully saturated rings. The Morgan fingerprint density at radius 2 is 1.95 bits per heavy atom. The zero-order valence-electron chi connectivity index (χ0n) is 11.7. The second-order valence-electron chi connectivity index (χ2n) is 4.07. The third kappa shape index (κ3) is 6.23. The largest absolute Gasteiger partial charge is 0.743 e. The predicted molar refractivity (Wildman–Crippen MR) is 75.6 cm³/mol. The number of alkyl halides is 2. The molecule has 0 radical (unpaired) electrons. The number of rotatable bonds is 6. The first-order valence-electron chi connectivity index (χ1n) is 5.94. The maximum atomic E-state index is 11.7. The van der Waals surface area contributed by atoms with Gasteiger partial charge in [-0.05, 0) is 18.6 Å². The van der Waals surface area contributed by atoms with Gasteiger partial charge in [-0.1, -0.05) is 19.2 Å². The fourth-order valence-electron chi connectivity index (χ4n) is 1.26. The Morgan fingerprint density at radius 1 is 1.36 bits per heavy atom. The van der Waals surface area contributed by atoms with Gasteiger partial charge in [0.15, 0.2) is 34.9 Å². The molecule has 122 valence electrons. The zero-order chi connectivity index (χ0) is 17.4. The molecule has 1 heterocycles. The lowest BCUT2D eigenvalue weighted by atomic mass is 10.2. The molecule has 0 saturated carbocycles. The molecule has 0 aliphatic heterocycles. The van der Waals surface area contributed by atoms with Crippen LogP contribution in [0.5, 0.6) is 0 Å². The van der Waals surface area contributed by atoms with Gasteiger partial charge in [-0.3, -0.25) is 0 Å². The highest BCUT2D eigenvalue weighted by molar-refractivity contribution is 7.87. The SMILES string of the molecule is C=C(F)C(F)(F)S(=O)(=O)[O-].C=CCc1ccc[n+](CC=C)c1. The van der Waals surface area contributed by atoms with Crippen molar-refractivity contribution in [2.45, 2.75) is 18.2 Å². The molecule has 0 bridgehead atoms. The van der Waals surface area contributed by atoms with Crippen molar-refractivity contribution < 1.29 is 30.7 Å². The molecule has 0 aliphatic carbocycles. The summed E-state index contributed by atoms with van der Waals surface area (Å²) in [5, 5.41) is -5.01. The number of allylic oxidation sites excluding steroid dienone is 2. The van der Waals surface area contributed by atoms with E-state index in [0.717, 1.165) is 13.0 Å². The molecule has 1 aromatic heterocycles. The number of nitrogens with zero attached hydrogens (tertiary/aromatic N) is 1. The van der Waals surface area contributed by atoms with Crippen molar-refractivity contribution in [3.63, 3.8) is 0 Å². The highest BCUT2D eigenvalue weighted by Gasteiger charge is 2.41. The highest BCUT2D eigenvalue weighted by Crippen LogP contribution is 2.28. The van der Waals surface area contributed by atoms with Crippen molar-refractivity contribution in [1.29, 1.82) is 0 Å². The van der Waals surface area contributed by atoms with E-state index in [-0.39, 0.29) is 0 Å². The van der Waals surface area contributed by atoms with Crippen LogP contribution in [0.15, 0.2) is 62.2 Å². The molecule has 0 aliphatic rings. The first-order valence-corrected chi connectivity index (χ1v) is 7.35. The van der Waals surface area contributed by atoms with Crippen molar-refractivity contribution >= 4 is 10.1 Å². The fraction of sp³-hybridized carbons (Fsp3) is 0.214. The standard InChI is InChI=1S/C11H14N.C3H3F3O3S/c1-3-6-11-7-5-9-12(10-11)8-4-2;1-2(4)3(5,6)10(7,8)9/h3-5,7,9-10H,1-2,6,8H2;1H2,(H,7,8,9)/q+1;/p-1. The minimum absolute atomic E-state index is 0.866. The average Bonchev–Trinajstić information content (AvgIpc) is 2.39. The van der Waals surface area contributed by atoms with Crippen LogP contribution in [0.2, 0.25) is 0 Å². The van der Waals surface area contributed by atoms with Gasteiger partial charge in [0.25, 0.3) is 0 Å². The van der Waals surface area contributed by atoms with Crippen molar-refractivity contribution in [3.8, 4) is 0 Å². The number of pyridine rings is 1. The summed E-state index contributed by atoms with van der Waals surface area (Å²) in [6.45, 7) is 10.3. The lowest BCUT2D eigenvalue weighted by molar-refractivity contribution is -0.687. The van der Waals surface area contributed by atoms with E-state index in [0.29, 0.717) is 0 Å². The highest BCUT2D eigenvalue weighted by atomic mass is 32.2. The van der Waals surface area contributed by atoms with E-state index in [9.17, 15) is 26.1 Å². The van der Waals surface area contributed by atoms with E-state index in [2.05, 4.69) is 30.0 Å². The lowest BCUT2D eigenvalue weighted by Crippen LogP contribution is -2.31. The van der Waals surface area contributed by atoms with Crippen LogP contribution in [-0.2, 0) is 23.1 Å². The Balaban J connectivity index is 0.000000409. The van der Waals surface area contributed by atoms with Gasteiger partial charge in [0.05, 0.1) is 0 Å². The number of hydrogen-bond acceptors (Lipinski definition) is 3. The summed E-state index contributed by atoms with van der Waals surface area (Å²) in [6, 6.07) is 4.14. The molecule has 22 heavy (non-hydrogen) atoms. The summed E-state index contributed by atoms with van der Waals surface area (Å²) in [7, 11) is -5.96. The third-order valence-electron chi connectivity index (χ3n) is 2.27. The van der Waals surface area contributed by atoms with E-state index < -0.39 is 21.2 Å². The average molecular weight is 335 g/mol. The van der Waals surface area contributed by atoms with Gasteiger partial charge in [-0.25, -0.2) is 17.4 Å². The zero-order valence-corrected chi connectivity index (χ0v) is 12.5. The quantitative estimate of drug-likeness (QED) is 0.456. The molecule has 0 amide bonds. The van der Waals surface area contributed by atoms with E-state index in [4.69, 9.17) is 0 Å². The van der Waals surface area contributed by atoms with Gasteiger partial charge >= 0.3 is 5.25 Å². The summed E-state index contributed by atoms with van der Waals surface area (Å²) >= 11 is 0. The van der Waals surface area contributed by atoms with E-state index in [1.54, 1.807) is 0 Å². The maximum absolute atomic E-state index is 11.7. The van der Waals surface area contributed by atoms with Gasteiger partial charge in [0, 0.05) is 11.6 Å². The molecule has 1 aromatic rings. The molecule has 0 spiro atoms. The smallest absolute Gasteiger partial charge is 0.384 e. The van der Waals surface area contributed by atoms with Crippen LogP contribution >= 0.6 is 0 Å². The summed E-state index contributed by atoms with van der Waals surface area (Å²) < 4.78 is 65.4. The Bertz CT molecular complexity index is 617. The maximum Gasteiger partial charge on any atom is 0.384 e.